The molecule has 0 fully saturated rings. The van der Waals surface area contributed by atoms with Crippen molar-refractivity contribution in [3.8, 4) is 11.8 Å². The lowest BCUT2D eigenvalue weighted by molar-refractivity contribution is 0.909. The maximum absolute atomic E-state index is 6.26. The van der Waals surface area contributed by atoms with Crippen LogP contribution in [0.2, 0.25) is 0 Å². The van der Waals surface area contributed by atoms with Gasteiger partial charge in [0.1, 0.15) is 0 Å². The van der Waals surface area contributed by atoms with Crippen LogP contribution in [0.5, 0.6) is 0 Å². The molecule has 2 rings (SSSR count). The van der Waals surface area contributed by atoms with E-state index in [4.69, 9.17) is 17.3 Å². The van der Waals surface area contributed by atoms with Gasteiger partial charge >= 0.3 is 0 Å². The molecular weight excluding hydrogens is 266 g/mol. The highest BCUT2D eigenvalue weighted by molar-refractivity contribution is 6.31. The van der Waals surface area contributed by atoms with Crippen molar-refractivity contribution in [3.63, 3.8) is 0 Å². The molecule has 0 heterocycles. The average Bonchev–Trinajstić information content (AvgIpc) is 2.45. The van der Waals surface area contributed by atoms with Gasteiger partial charge in [-0.3, -0.25) is 0 Å². The molecule has 1 aliphatic carbocycles. The quantitative estimate of drug-likeness (QED) is 0.697. The summed E-state index contributed by atoms with van der Waals surface area (Å²) < 4.78 is 0. The van der Waals surface area contributed by atoms with E-state index in [0.717, 1.165) is 24.0 Å². The summed E-state index contributed by atoms with van der Waals surface area (Å²) >= 11 is 6.26. The van der Waals surface area contributed by atoms with Crippen LogP contribution in [0.1, 0.15) is 32.3 Å². The van der Waals surface area contributed by atoms with Crippen LogP contribution in [0.25, 0.3) is 0 Å². The smallest absolute Gasteiger partial charge is 0.0662 e. The largest absolute Gasteiger partial charge is 0.397 e. The van der Waals surface area contributed by atoms with Crippen LogP contribution in [-0.2, 0) is 0 Å². The van der Waals surface area contributed by atoms with Gasteiger partial charge in [0.25, 0.3) is 0 Å². The number of rotatable bonds is 0. The van der Waals surface area contributed by atoms with Crippen LogP contribution in [-0.4, -0.2) is 0 Å². The lowest BCUT2D eigenvalue weighted by atomic mass is 9.96. The first-order chi connectivity index (χ1) is 9.58. The zero-order valence-electron chi connectivity index (χ0n) is 11.8. The van der Waals surface area contributed by atoms with Gasteiger partial charge in [0.05, 0.1) is 10.7 Å². The summed E-state index contributed by atoms with van der Waals surface area (Å²) in [6.45, 7) is 4.15. The summed E-state index contributed by atoms with van der Waals surface area (Å²) in [5, 5.41) is 0.582. The van der Waals surface area contributed by atoms with E-state index in [1.54, 1.807) is 0 Å². The van der Waals surface area contributed by atoms with Gasteiger partial charge in [-0.15, -0.1) is 0 Å². The van der Waals surface area contributed by atoms with Crippen LogP contribution >= 0.6 is 11.6 Å². The van der Waals surface area contributed by atoms with Crippen LogP contribution in [0.3, 0.4) is 0 Å². The standard InChI is InChI=1S/C18H18ClN/c1-13-8-9-14(2)16(18(20)17(19)12-13)11-10-15-6-4-3-5-7-15/h3-7,12H,8-9,20H2,1-2H3/b13-12-,16-14+,18-17-. The highest BCUT2D eigenvalue weighted by Crippen LogP contribution is 2.26. The lowest BCUT2D eigenvalue weighted by Gasteiger charge is -2.13. The molecule has 0 amide bonds. The Bertz CT molecular complexity index is 652. The van der Waals surface area contributed by atoms with Crippen molar-refractivity contribution in [2.75, 3.05) is 0 Å². The first kappa shape index (κ1) is 14.5. The van der Waals surface area contributed by atoms with E-state index in [1.807, 2.05) is 36.4 Å². The minimum absolute atomic E-state index is 0.576. The van der Waals surface area contributed by atoms with Crippen molar-refractivity contribution in [1.82, 2.24) is 0 Å². The van der Waals surface area contributed by atoms with Crippen molar-refractivity contribution in [2.24, 2.45) is 5.73 Å². The molecule has 2 heteroatoms. The monoisotopic (exact) mass is 283 g/mol. The second-order valence-electron chi connectivity index (χ2n) is 5.02. The predicted molar refractivity (Wildman–Crippen MR) is 86.1 cm³/mol. The predicted octanol–water partition coefficient (Wildman–Crippen LogP) is 4.50. The number of hydrogen-bond donors (Lipinski definition) is 1. The zero-order valence-corrected chi connectivity index (χ0v) is 12.6. The molecule has 1 aromatic carbocycles. The minimum Gasteiger partial charge on any atom is -0.397 e. The maximum Gasteiger partial charge on any atom is 0.0662 e. The first-order valence-electron chi connectivity index (χ1n) is 6.67. The highest BCUT2D eigenvalue weighted by Gasteiger charge is 2.11. The summed E-state index contributed by atoms with van der Waals surface area (Å²) in [6.07, 6.45) is 3.89. The summed E-state index contributed by atoms with van der Waals surface area (Å²) in [5.41, 5.74) is 11.0. The molecule has 20 heavy (non-hydrogen) atoms. The third-order valence-corrected chi connectivity index (χ3v) is 3.64. The van der Waals surface area contributed by atoms with Crippen molar-refractivity contribution >= 4 is 11.6 Å². The molecule has 0 radical (unpaired) electrons. The van der Waals surface area contributed by atoms with Gasteiger partial charge < -0.3 is 5.73 Å². The van der Waals surface area contributed by atoms with Crippen LogP contribution in [0.4, 0.5) is 0 Å². The molecule has 1 nitrogen and oxygen atoms in total. The van der Waals surface area contributed by atoms with E-state index >= 15 is 0 Å². The Morgan fingerprint density at radius 2 is 1.75 bits per heavy atom. The maximum atomic E-state index is 6.26. The van der Waals surface area contributed by atoms with Gasteiger partial charge in [0, 0.05) is 11.1 Å². The molecule has 0 bridgehead atoms. The molecule has 1 aromatic rings. The first-order valence-corrected chi connectivity index (χ1v) is 7.05. The van der Waals surface area contributed by atoms with Crippen LogP contribution in [0, 0.1) is 11.8 Å². The van der Waals surface area contributed by atoms with E-state index in [-0.39, 0.29) is 0 Å². The normalized spacial score (nSPS) is 25.9. The Kier molecular flexibility index (Phi) is 4.71. The third kappa shape index (κ3) is 3.56. The number of halogens is 1. The fourth-order valence-electron chi connectivity index (χ4n) is 2.06. The average molecular weight is 284 g/mol. The van der Waals surface area contributed by atoms with Crippen LogP contribution < -0.4 is 5.73 Å². The second kappa shape index (κ2) is 6.50. The van der Waals surface area contributed by atoms with Crippen molar-refractivity contribution < 1.29 is 0 Å². The van der Waals surface area contributed by atoms with Gasteiger partial charge in [-0.1, -0.05) is 52.8 Å². The number of benzene rings is 1. The molecule has 0 saturated carbocycles. The summed E-state index contributed by atoms with van der Waals surface area (Å²) in [4.78, 5) is 0. The summed E-state index contributed by atoms with van der Waals surface area (Å²) in [7, 11) is 0. The molecule has 0 saturated heterocycles. The second-order valence-corrected chi connectivity index (χ2v) is 5.43. The molecule has 102 valence electrons. The molecule has 2 N–H and O–H groups in total. The minimum atomic E-state index is 0.576. The van der Waals surface area contributed by atoms with Crippen molar-refractivity contribution in [3.05, 3.63) is 69.4 Å². The Balaban J connectivity index is 2.43. The Hall–Kier alpha value is -1.91. The topological polar surface area (TPSA) is 26.0 Å². The molecule has 0 aliphatic heterocycles. The molecule has 0 aromatic heterocycles. The Labute approximate surface area is 125 Å². The van der Waals surface area contributed by atoms with Crippen molar-refractivity contribution in [1.29, 1.82) is 0 Å². The van der Waals surface area contributed by atoms with E-state index in [0.29, 0.717) is 10.7 Å². The Morgan fingerprint density at radius 3 is 2.45 bits per heavy atom. The van der Waals surface area contributed by atoms with E-state index in [2.05, 4.69) is 25.7 Å². The van der Waals surface area contributed by atoms with Gasteiger partial charge in [0.2, 0.25) is 0 Å². The number of allylic oxidation sites excluding steroid dienone is 5. The molecule has 0 atom stereocenters. The van der Waals surface area contributed by atoms with E-state index in [1.165, 1.54) is 11.1 Å². The number of nitrogens with two attached hydrogens (primary N) is 1. The third-order valence-electron chi connectivity index (χ3n) is 3.33. The highest BCUT2D eigenvalue weighted by atomic mass is 35.5. The lowest BCUT2D eigenvalue weighted by Crippen LogP contribution is -2.06. The van der Waals surface area contributed by atoms with E-state index < -0.39 is 0 Å². The fraction of sp³-hybridized carbons (Fsp3) is 0.222. The summed E-state index contributed by atoms with van der Waals surface area (Å²) in [6, 6.07) is 9.89. The SMILES string of the molecule is C/C1=C/C(Cl)=C(N)\C(C#Cc2ccccc2)=C(/C)CC1. The number of hydrogen-bond acceptors (Lipinski definition) is 1. The van der Waals surface area contributed by atoms with E-state index in [9.17, 15) is 0 Å². The Morgan fingerprint density at radius 1 is 1.05 bits per heavy atom. The van der Waals surface area contributed by atoms with Crippen molar-refractivity contribution in [2.45, 2.75) is 26.7 Å². The fourth-order valence-corrected chi connectivity index (χ4v) is 2.34. The van der Waals surface area contributed by atoms with Gasteiger partial charge in [-0.2, -0.15) is 0 Å². The molecule has 0 spiro atoms. The van der Waals surface area contributed by atoms with Gasteiger partial charge in [0.15, 0.2) is 0 Å². The summed E-state index contributed by atoms with van der Waals surface area (Å²) in [5.74, 6) is 6.34. The zero-order chi connectivity index (χ0) is 14.5. The molecule has 1 aliphatic rings. The molecular formula is C18H18ClN. The van der Waals surface area contributed by atoms with Crippen LogP contribution in [0.15, 0.2) is 63.9 Å². The van der Waals surface area contributed by atoms with Gasteiger partial charge in [-0.05, 0) is 44.9 Å². The molecule has 0 unspecified atom stereocenters. The van der Waals surface area contributed by atoms with Gasteiger partial charge in [-0.25, -0.2) is 0 Å².